The number of carbonyl (C=O) groups is 2. The number of amides is 2. The van der Waals surface area contributed by atoms with Gasteiger partial charge in [-0.25, -0.2) is 4.98 Å². The molecule has 0 atom stereocenters. The van der Waals surface area contributed by atoms with Gasteiger partial charge < -0.3 is 20.4 Å². The Morgan fingerprint density at radius 3 is 2.35 bits per heavy atom. The molecule has 132 valence electrons. The van der Waals surface area contributed by atoms with Gasteiger partial charge >= 0.3 is 0 Å². The second-order valence-corrected chi connectivity index (χ2v) is 5.55. The number of aromatic amines is 1. The number of nitrogens with zero attached hydrogens (tertiary/aromatic N) is 1. The van der Waals surface area contributed by atoms with Crippen LogP contribution in [0.1, 0.15) is 26.5 Å². The second-order valence-electron chi connectivity index (χ2n) is 5.55. The Morgan fingerprint density at radius 2 is 1.62 bits per heavy atom. The zero-order valence-electron chi connectivity index (χ0n) is 14.4. The maximum absolute atomic E-state index is 12.6. The molecule has 2 aromatic carbocycles. The van der Waals surface area contributed by atoms with Crippen molar-refractivity contribution in [3.63, 3.8) is 0 Å². The topological polar surface area (TPSA) is 96.1 Å². The van der Waals surface area contributed by atoms with Gasteiger partial charge in [0.05, 0.1) is 19.1 Å². The van der Waals surface area contributed by atoms with Crippen molar-refractivity contribution in [2.45, 2.75) is 6.92 Å². The normalized spacial score (nSPS) is 10.2. The molecule has 1 heterocycles. The lowest BCUT2D eigenvalue weighted by Crippen LogP contribution is -2.21. The second kappa shape index (κ2) is 7.52. The van der Waals surface area contributed by atoms with Crippen molar-refractivity contribution in [1.29, 1.82) is 0 Å². The van der Waals surface area contributed by atoms with Gasteiger partial charge in [-0.3, -0.25) is 9.59 Å². The molecule has 0 bridgehead atoms. The first-order valence-corrected chi connectivity index (χ1v) is 7.95. The summed E-state index contributed by atoms with van der Waals surface area (Å²) in [7, 11) is 1.51. The van der Waals surface area contributed by atoms with Crippen LogP contribution in [0.25, 0.3) is 0 Å². The summed E-state index contributed by atoms with van der Waals surface area (Å²) in [5, 5.41) is 5.49. The predicted molar refractivity (Wildman–Crippen MR) is 98.7 cm³/mol. The number of nitrogens with one attached hydrogen (secondary N) is 3. The van der Waals surface area contributed by atoms with Gasteiger partial charge in [0.2, 0.25) is 0 Å². The Bertz CT molecular complexity index is 949. The summed E-state index contributed by atoms with van der Waals surface area (Å²) in [4.78, 5) is 31.8. The number of imidazole rings is 1. The van der Waals surface area contributed by atoms with Gasteiger partial charge in [0, 0.05) is 5.69 Å². The average Bonchev–Trinajstić information content (AvgIpc) is 3.14. The molecule has 0 aliphatic carbocycles. The number of carbonyl (C=O) groups excluding carboxylic acids is 2. The highest BCUT2D eigenvalue weighted by atomic mass is 16.5. The first-order valence-electron chi connectivity index (χ1n) is 7.95. The number of hydrogen-bond donors (Lipinski definition) is 3. The lowest BCUT2D eigenvalue weighted by atomic mass is 10.2. The highest BCUT2D eigenvalue weighted by Crippen LogP contribution is 2.24. The molecule has 2 amide bonds. The van der Waals surface area contributed by atoms with Crippen LogP contribution < -0.4 is 15.4 Å². The number of benzene rings is 2. The number of rotatable bonds is 5. The first kappa shape index (κ1) is 17.2. The molecular formula is C19H18N4O3. The van der Waals surface area contributed by atoms with Crippen molar-refractivity contribution in [3.8, 4) is 5.75 Å². The van der Waals surface area contributed by atoms with Crippen molar-refractivity contribution in [2.75, 3.05) is 17.7 Å². The molecule has 0 spiro atoms. The predicted octanol–water partition coefficient (Wildman–Crippen LogP) is 3.23. The summed E-state index contributed by atoms with van der Waals surface area (Å²) in [6, 6.07) is 14.4. The summed E-state index contributed by atoms with van der Waals surface area (Å²) < 4.78 is 5.21. The van der Waals surface area contributed by atoms with Crippen LogP contribution in [0, 0.1) is 6.92 Å². The summed E-state index contributed by atoms with van der Waals surface area (Å²) >= 11 is 0. The van der Waals surface area contributed by atoms with Crippen LogP contribution in [0.2, 0.25) is 0 Å². The van der Waals surface area contributed by atoms with Gasteiger partial charge in [0.25, 0.3) is 11.8 Å². The third kappa shape index (κ3) is 3.56. The molecule has 26 heavy (non-hydrogen) atoms. The van der Waals surface area contributed by atoms with E-state index in [-0.39, 0.29) is 11.4 Å². The van der Waals surface area contributed by atoms with Gasteiger partial charge in [-0.05, 0) is 30.7 Å². The fourth-order valence-corrected chi connectivity index (χ4v) is 2.47. The number of para-hydroxylation sites is 3. The third-order valence-corrected chi connectivity index (χ3v) is 3.83. The van der Waals surface area contributed by atoms with Gasteiger partial charge in [-0.15, -0.1) is 0 Å². The molecule has 7 nitrogen and oxygen atoms in total. The highest BCUT2D eigenvalue weighted by molar-refractivity contribution is 6.13. The minimum absolute atomic E-state index is 0.00184. The standard InChI is InChI=1S/C19H18N4O3/c1-12-7-3-4-8-13(12)22-18(24)16-17(21-11-20-16)19(25)23-14-9-5-6-10-15(14)26-2/h3-11H,1-2H3,(H,20,21)(H,22,24)(H,23,25). The summed E-state index contributed by atoms with van der Waals surface area (Å²) in [6.07, 6.45) is 1.31. The van der Waals surface area contributed by atoms with E-state index in [1.54, 1.807) is 30.3 Å². The molecule has 0 radical (unpaired) electrons. The van der Waals surface area contributed by atoms with Gasteiger partial charge in [0.15, 0.2) is 5.69 Å². The number of aryl methyl sites for hydroxylation is 1. The smallest absolute Gasteiger partial charge is 0.276 e. The Hall–Kier alpha value is -3.61. The molecule has 0 saturated heterocycles. The van der Waals surface area contributed by atoms with E-state index in [9.17, 15) is 9.59 Å². The van der Waals surface area contributed by atoms with E-state index in [1.807, 2.05) is 25.1 Å². The Morgan fingerprint density at radius 1 is 0.962 bits per heavy atom. The van der Waals surface area contributed by atoms with Crippen LogP contribution in [-0.2, 0) is 0 Å². The van der Waals surface area contributed by atoms with Crippen LogP contribution in [-0.4, -0.2) is 28.9 Å². The summed E-state index contributed by atoms with van der Waals surface area (Å²) in [5.74, 6) is -0.435. The molecule has 0 aliphatic rings. The maximum atomic E-state index is 12.6. The van der Waals surface area contributed by atoms with Crippen molar-refractivity contribution in [3.05, 3.63) is 71.8 Å². The molecule has 3 rings (SSSR count). The number of ether oxygens (including phenoxy) is 1. The third-order valence-electron chi connectivity index (χ3n) is 3.83. The molecule has 3 N–H and O–H groups in total. The minimum Gasteiger partial charge on any atom is -0.495 e. The number of H-pyrrole nitrogens is 1. The molecular weight excluding hydrogens is 332 g/mol. The van der Waals surface area contributed by atoms with Gasteiger partial charge in [0.1, 0.15) is 11.4 Å². The summed E-state index contributed by atoms with van der Waals surface area (Å²) in [6.45, 7) is 1.89. The van der Waals surface area contributed by atoms with E-state index in [2.05, 4.69) is 20.6 Å². The number of hydrogen-bond acceptors (Lipinski definition) is 4. The first-order chi connectivity index (χ1) is 12.6. The average molecular weight is 350 g/mol. The molecule has 0 fully saturated rings. The summed E-state index contributed by atoms with van der Waals surface area (Å²) in [5.41, 5.74) is 2.17. The fourth-order valence-electron chi connectivity index (χ4n) is 2.47. The van der Waals surface area contributed by atoms with Crippen LogP contribution in [0.15, 0.2) is 54.9 Å². The number of aromatic nitrogens is 2. The Balaban J connectivity index is 1.80. The van der Waals surface area contributed by atoms with E-state index in [0.29, 0.717) is 17.1 Å². The van der Waals surface area contributed by atoms with Crippen molar-refractivity contribution >= 4 is 23.2 Å². The molecule has 1 aromatic heterocycles. The van der Waals surface area contributed by atoms with Crippen LogP contribution in [0.4, 0.5) is 11.4 Å². The van der Waals surface area contributed by atoms with Crippen LogP contribution in [0.5, 0.6) is 5.75 Å². The van der Waals surface area contributed by atoms with E-state index in [1.165, 1.54) is 13.4 Å². The fraction of sp³-hybridized carbons (Fsp3) is 0.105. The minimum atomic E-state index is -0.509. The lowest BCUT2D eigenvalue weighted by molar-refractivity contribution is 0.0985. The van der Waals surface area contributed by atoms with Gasteiger partial charge in [-0.2, -0.15) is 0 Å². The molecule has 3 aromatic rings. The van der Waals surface area contributed by atoms with Crippen molar-refractivity contribution < 1.29 is 14.3 Å². The van der Waals surface area contributed by atoms with E-state index < -0.39 is 11.8 Å². The van der Waals surface area contributed by atoms with Crippen LogP contribution >= 0.6 is 0 Å². The van der Waals surface area contributed by atoms with Crippen molar-refractivity contribution in [2.24, 2.45) is 0 Å². The monoisotopic (exact) mass is 350 g/mol. The Kier molecular flexibility index (Phi) is 4.98. The van der Waals surface area contributed by atoms with Crippen molar-refractivity contribution in [1.82, 2.24) is 9.97 Å². The molecule has 0 saturated carbocycles. The maximum Gasteiger partial charge on any atom is 0.276 e. The quantitative estimate of drug-likeness (QED) is 0.658. The van der Waals surface area contributed by atoms with Crippen LogP contribution in [0.3, 0.4) is 0 Å². The van der Waals surface area contributed by atoms with E-state index in [0.717, 1.165) is 5.56 Å². The zero-order valence-corrected chi connectivity index (χ0v) is 14.4. The zero-order chi connectivity index (χ0) is 18.5. The highest BCUT2D eigenvalue weighted by Gasteiger charge is 2.21. The lowest BCUT2D eigenvalue weighted by Gasteiger charge is -2.10. The molecule has 0 aliphatic heterocycles. The Labute approximate surface area is 150 Å². The van der Waals surface area contributed by atoms with Gasteiger partial charge in [-0.1, -0.05) is 30.3 Å². The van der Waals surface area contributed by atoms with E-state index in [4.69, 9.17) is 4.74 Å². The molecule has 0 unspecified atom stereocenters. The largest absolute Gasteiger partial charge is 0.495 e. The SMILES string of the molecule is COc1ccccc1NC(=O)c1nc[nH]c1C(=O)Nc1ccccc1C. The molecule has 7 heteroatoms. The number of anilines is 2. The van der Waals surface area contributed by atoms with E-state index >= 15 is 0 Å². The number of methoxy groups -OCH3 is 1.